The van der Waals surface area contributed by atoms with E-state index < -0.39 is 0 Å². The number of anilines is 5. The largest absolute Gasteiger partial charge is 0.378 e. The molecule has 0 aliphatic heterocycles. The van der Waals surface area contributed by atoms with Crippen LogP contribution in [0.3, 0.4) is 0 Å². The Labute approximate surface area is 150 Å². The van der Waals surface area contributed by atoms with Crippen molar-refractivity contribution in [2.24, 2.45) is 0 Å². The first-order chi connectivity index (χ1) is 12.1. The summed E-state index contributed by atoms with van der Waals surface area (Å²) in [5.74, 6) is 0. The van der Waals surface area contributed by atoms with Crippen LogP contribution in [0.2, 0.25) is 0 Å². The van der Waals surface area contributed by atoms with Crippen LogP contribution in [0.15, 0.2) is 72.8 Å². The fraction of sp³-hybridized carbons (Fsp3) is 0.182. The molecule has 127 valence electrons. The Morgan fingerprint density at radius 2 is 0.800 bits per heavy atom. The van der Waals surface area contributed by atoms with E-state index in [1.54, 1.807) is 0 Å². The first kappa shape index (κ1) is 16.9. The predicted octanol–water partition coefficient (Wildman–Crippen LogP) is 5.09. The molecule has 3 rings (SSSR count). The predicted molar refractivity (Wildman–Crippen MR) is 109 cm³/mol. The summed E-state index contributed by atoms with van der Waals surface area (Å²) < 4.78 is 0. The lowest BCUT2D eigenvalue weighted by Gasteiger charge is -2.26. The minimum absolute atomic E-state index is 1.12. The van der Waals surface area contributed by atoms with Gasteiger partial charge in [0.15, 0.2) is 0 Å². The van der Waals surface area contributed by atoms with Crippen molar-refractivity contribution >= 4 is 28.4 Å². The molecule has 0 bridgehead atoms. The molecule has 0 aliphatic rings. The molecule has 1 radical (unpaired) electrons. The van der Waals surface area contributed by atoms with Crippen molar-refractivity contribution in [3.8, 4) is 0 Å². The molecule has 25 heavy (non-hydrogen) atoms. The van der Waals surface area contributed by atoms with Gasteiger partial charge in [0.1, 0.15) is 0 Å². The maximum atomic E-state index is 3.10. The van der Waals surface area contributed by atoms with Gasteiger partial charge in [-0.3, -0.25) is 0 Å². The third kappa shape index (κ3) is 3.77. The number of benzene rings is 3. The lowest BCUT2D eigenvalue weighted by Crippen LogP contribution is -2.12. The Bertz CT molecular complexity index is 739. The van der Waals surface area contributed by atoms with Crippen molar-refractivity contribution in [1.82, 2.24) is 0 Å². The van der Waals surface area contributed by atoms with Crippen molar-refractivity contribution in [3.05, 3.63) is 78.9 Å². The summed E-state index contributed by atoms with van der Waals surface area (Å²) >= 11 is 0. The van der Waals surface area contributed by atoms with Crippen LogP contribution in [0, 0.1) is 6.07 Å². The highest BCUT2D eigenvalue weighted by atomic mass is 15.1. The van der Waals surface area contributed by atoms with Crippen LogP contribution in [-0.2, 0) is 0 Å². The molecule has 3 nitrogen and oxygen atoms in total. The highest BCUT2D eigenvalue weighted by molar-refractivity contribution is 5.78. The van der Waals surface area contributed by atoms with Gasteiger partial charge in [0.25, 0.3) is 0 Å². The minimum atomic E-state index is 1.12. The molecule has 0 N–H and O–H groups in total. The van der Waals surface area contributed by atoms with Gasteiger partial charge in [0.2, 0.25) is 0 Å². The number of hydrogen-bond acceptors (Lipinski definition) is 3. The van der Waals surface area contributed by atoms with E-state index in [9.17, 15) is 0 Å². The molecule has 3 aromatic carbocycles. The Morgan fingerprint density at radius 3 is 1.16 bits per heavy atom. The van der Waals surface area contributed by atoms with Gasteiger partial charge in [0, 0.05) is 56.6 Å². The van der Waals surface area contributed by atoms with Gasteiger partial charge in [-0.15, -0.1) is 0 Å². The SMILES string of the molecule is CN(C)c1ccc(N(c2cc[c]cc2)c2ccc(N(C)C)cc2)cc1. The summed E-state index contributed by atoms with van der Waals surface area (Å²) in [5, 5.41) is 0. The molecule has 0 aromatic heterocycles. The summed E-state index contributed by atoms with van der Waals surface area (Å²) in [6.45, 7) is 0. The minimum Gasteiger partial charge on any atom is -0.378 e. The van der Waals surface area contributed by atoms with Gasteiger partial charge in [-0.25, -0.2) is 0 Å². The second kappa shape index (κ2) is 7.31. The van der Waals surface area contributed by atoms with Crippen LogP contribution in [0.1, 0.15) is 0 Å². The number of rotatable bonds is 5. The van der Waals surface area contributed by atoms with E-state index >= 15 is 0 Å². The highest BCUT2D eigenvalue weighted by Gasteiger charge is 2.12. The summed E-state index contributed by atoms with van der Waals surface area (Å²) in [6, 6.07) is 28.4. The molecule has 0 amide bonds. The molecule has 0 saturated heterocycles. The standard InChI is InChI=1S/C22H24N3/c1-23(2)18-10-14-21(15-11-18)25(20-8-6-5-7-9-20)22-16-12-19(13-17-22)24(3)4/h6-17H,1-4H3. The molecule has 0 unspecified atom stereocenters. The fourth-order valence-corrected chi connectivity index (χ4v) is 2.77. The molecular formula is C22H24N3. The van der Waals surface area contributed by atoms with Crippen molar-refractivity contribution in [2.75, 3.05) is 42.9 Å². The van der Waals surface area contributed by atoms with Gasteiger partial charge >= 0.3 is 0 Å². The van der Waals surface area contributed by atoms with Gasteiger partial charge in [0.05, 0.1) is 0 Å². The second-order valence-corrected chi connectivity index (χ2v) is 6.42. The van der Waals surface area contributed by atoms with Crippen molar-refractivity contribution in [3.63, 3.8) is 0 Å². The summed E-state index contributed by atoms with van der Waals surface area (Å²) in [7, 11) is 8.22. The molecule has 0 spiro atoms. The monoisotopic (exact) mass is 330 g/mol. The van der Waals surface area contributed by atoms with E-state index in [2.05, 4.69) is 110 Å². The Hall–Kier alpha value is -2.94. The molecule has 3 heteroatoms. The summed E-state index contributed by atoms with van der Waals surface area (Å²) in [4.78, 5) is 6.47. The molecule has 0 atom stereocenters. The third-order valence-corrected chi connectivity index (χ3v) is 4.21. The van der Waals surface area contributed by atoms with Gasteiger partial charge in [-0.2, -0.15) is 0 Å². The van der Waals surface area contributed by atoms with Crippen LogP contribution in [0.4, 0.5) is 28.4 Å². The topological polar surface area (TPSA) is 9.72 Å². The van der Waals surface area contributed by atoms with Crippen molar-refractivity contribution in [2.45, 2.75) is 0 Å². The fourth-order valence-electron chi connectivity index (χ4n) is 2.77. The number of hydrogen-bond donors (Lipinski definition) is 0. The molecule has 0 saturated carbocycles. The summed E-state index contributed by atoms with van der Waals surface area (Å²) in [6.07, 6.45) is 0. The molecule has 0 fully saturated rings. The number of nitrogens with zero attached hydrogens (tertiary/aromatic N) is 3. The maximum absolute atomic E-state index is 3.10. The van der Waals surface area contributed by atoms with Crippen LogP contribution in [0.5, 0.6) is 0 Å². The highest BCUT2D eigenvalue weighted by Crippen LogP contribution is 2.35. The quantitative estimate of drug-likeness (QED) is 0.645. The Kier molecular flexibility index (Phi) is 4.94. The first-order valence-electron chi connectivity index (χ1n) is 8.37. The van der Waals surface area contributed by atoms with E-state index in [4.69, 9.17) is 0 Å². The van der Waals surface area contributed by atoms with E-state index in [1.165, 1.54) is 11.4 Å². The van der Waals surface area contributed by atoms with Crippen LogP contribution in [-0.4, -0.2) is 28.2 Å². The molecular weight excluding hydrogens is 306 g/mol. The zero-order chi connectivity index (χ0) is 17.8. The Balaban J connectivity index is 2.04. The van der Waals surface area contributed by atoms with Crippen LogP contribution >= 0.6 is 0 Å². The van der Waals surface area contributed by atoms with E-state index in [0.717, 1.165) is 17.1 Å². The van der Waals surface area contributed by atoms with Crippen LogP contribution < -0.4 is 14.7 Å². The van der Waals surface area contributed by atoms with Crippen molar-refractivity contribution in [1.29, 1.82) is 0 Å². The second-order valence-electron chi connectivity index (χ2n) is 6.42. The molecule has 3 aromatic rings. The van der Waals surface area contributed by atoms with E-state index in [1.807, 2.05) is 12.1 Å². The average molecular weight is 330 g/mol. The third-order valence-electron chi connectivity index (χ3n) is 4.21. The van der Waals surface area contributed by atoms with Gasteiger partial charge in [-0.1, -0.05) is 12.1 Å². The average Bonchev–Trinajstić information content (AvgIpc) is 2.64. The normalized spacial score (nSPS) is 10.4. The van der Waals surface area contributed by atoms with E-state index in [0.29, 0.717) is 0 Å². The maximum Gasteiger partial charge on any atom is 0.0463 e. The zero-order valence-electron chi connectivity index (χ0n) is 15.3. The van der Waals surface area contributed by atoms with Gasteiger partial charge < -0.3 is 14.7 Å². The molecule has 0 heterocycles. The first-order valence-corrected chi connectivity index (χ1v) is 8.37. The zero-order valence-corrected chi connectivity index (χ0v) is 15.3. The van der Waals surface area contributed by atoms with Gasteiger partial charge in [-0.05, 0) is 66.7 Å². The van der Waals surface area contributed by atoms with E-state index in [-0.39, 0.29) is 0 Å². The van der Waals surface area contributed by atoms with Crippen LogP contribution in [0.25, 0.3) is 0 Å². The summed E-state index contributed by atoms with van der Waals surface area (Å²) in [5.41, 5.74) is 5.76. The lowest BCUT2D eigenvalue weighted by molar-refractivity contribution is 1.13. The van der Waals surface area contributed by atoms with Crippen molar-refractivity contribution < 1.29 is 0 Å². The lowest BCUT2D eigenvalue weighted by atomic mass is 10.1. The Morgan fingerprint density at radius 1 is 0.480 bits per heavy atom. The molecule has 0 aliphatic carbocycles. The smallest absolute Gasteiger partial charge is 0.0463 e.